The number of carbonyl (C=O) groups excluding carboxylic acids is 1. The fourth-order valence-electron chi connectivity index (χ4n) is 1.30. The Morgan fingerprint density at radius 2 is 2.06 bits per heavy atom. The quantitative estimate of drug-likeness (QED) is 0.900. The standard InChI is InChI=1S/C11H14BrNO3S/c1-11(2,3)8(10(15)16)13-9(14)7-6(12)4-5-17-7/h4-5,8H,1-3H3,(H,13,14)(H,15,16)/t8-/m0/s1. The number of carbonyl (C=O) groups is 2. The van der Waals surface area contributed by atoms with E-state index in [4.69, 9.17) is 5.11 Å². The Morgan fingerprint density at radius 1 is 1.47 bits per heavy atom. The Morgan fingerprint density at radius 3 is 2.41 bits per heavy atom. The summed E-state index contributed by atoms with van der Waals surface area (Å²) < 4.78 is 0.679. The van der Waals surface area contributed by atoms with Gasteiger partial charge in [0.05, 0.1) is 0 Å². The number of hydrogen-bond acceptors (Lipinski definition) is 3. The molecule has 1 amide bonds. The van der Waals surface area contributed by atoms with Crippen LogP contribution in [0.2, 0.25) is 0 Å². The third-order valence-electron chi connectivity index (χ3n) is 2.21. The maximum Gasteiger partial charge on any atom is 0.326 e. The molecule has 1 aromatic heterocycles. The molecule has 1 aromatic rings. The summed E-state index contributed by atoms with van der Waals surface area (Å²) in [5.41, 5.74) is -0.536. The number of rotatable bonds is 3. The van der Waals surface area contributed by atoms with Crippen LogP contribution in [0.3, 0.4) is 0 Å². The SMILES string of the molecule is CC(C)(C)[C@@H](NC(=O)c1sccc1Br)C(=O)O. The smallest absolute Gasteiger partial charge is 0.326 e. The molecule has 1 rings (SSSR count). The van der Waals surface area contributed by atoms with E-state index in [9.17, 15) is 9.59 Å². The van der Waals surface area contributed by atoms with E-state index in [2.05, 4.69) is 21.2 Å². The molecule has 0 aliphatic heterocycles. The van der Waals surface area contributed by atoms with Gasteiger partial charge in [-0.05, 0) is 32.8 Å². The van der Waals surface area contributed by atoms with Gasteiger partial charge in [0.25, 0.3) is 5.91 Å². The van der Waals surface area contributed by atoms with Crippen LogP contribution in [0.15, 0.2) is 15.9 Å². The molecule has 0 aliphatic rings. The van der Waals surface area contributed by atoms with Crippen molar-refractivity contribution in [1.82, 2.24) is 5.32 Å². The van der Waals surface area contributed by atoms with E-state index in [-0.39, 0.29) is 5.91 Å². The van der Waals surface area contributed by atoms with Crippen LogP contribution in [-0.4, -0.2) is 23.0 Å². The van der Waals surface area contributed by atoms with E-state index in [0.29, 0.717) is 9.35 Å². The maximum absolute atomic E-state index is 11.9. The van der Waals surface area contributed by atoms with Gasteiger partial charge in [0.1, 0.15) is 10.9 Å². The van der Waals surface area contributed by atoms with E-state index in [1.165, 1.54) is 11.3 Å². The second kappa shape index (κ2) is 5.18. The van der Waals surface area contributed by atoms with E-state index >= 15 is 0 Å². The van der Waals surface area contributed by atoms with Crippen LogP contribution < -0.4 is 5.32 Å². The first-order valence-electron chi connectivity index (χ1n) is 5.00. The molecule has 0 fully saturated rings. The van der Waals surface area contributed by atoms with E-state index in [0.717, 1.165) is 0 Å². The molecule has 1 atom stereocenters. The zero-order chi connectivity index (χ0) is 13.2. The number of aliphatic carboxylic acids is 1. The van der Waals surface area contributed by atoms with Gasteiger partial charge in [-0.1, -0.05) is 20.8 Å². The molecule has 0 aromatic carbocycles. The molecule has 0 radical (unpaired) electrons. The van der Waals surface area contributed by atoms with Gasteiger partial charge in [0.15, 0.2) is 0 Å². The molecule has 17 heavy (non-hydrogen) atoms. The molecule has 4 nitrogen and oxygen atoms in total. The molecule has 0 unspecified atom stereocenters. The molecule has 2 N–H and O–H groups in total. The fourth-order valence-corrected chi connectivity index (χ4v) is 2.76. The third kappa shape index (κ3) is 3.54. The van der Waals surface area contributed by atoms with Crippen LogP contribution in [0, 0.1) is 5.41 Å². The zero-order valence-electron chi connectivity index (χ0n) is 9.78. The Balaban J connectivity index is 2.86. The molecule has 6 heteroatoms. The molecular weight excluding hydrogens is 306 g/mol. The van der Waals surface area contributed by atoms with Crippen molar-refractivity contribution in [2.75, 3.05) is 0 Å². The lowest BCUT2D eigenvalue weighted by atomic mass is 9.87. The monoisotopic (exact) mass is 319 g/mol. The highest BCUT2D eigenvalue weighted by molar-refractivity contribution is 9.10. The Kier molecular flexibility index (Phi) is 4.32. The zero-order valence-corrected chi connectivity index (χ0v) is 12.2. The second-order valence-electron chi connectivity index (χ2n) is 4.71. The van der Waals surface area contributed by atoms with Gasteiger partial charge in [-0.15, -0.1) is 11.3 Å². The lowest BCUT2D eigenvalue weighted by Crippen LogP contribution is -2.48. The van der Waals surface area contributed by atoms with Crippen LogP contribution >= 0.6 is 27.3 Å². The van der Waals surface area contributed by atoms with Crippen LogP contribution in [0.4, 0.5) is 0 Å². The number of carboxylic acids is 1. The fraction of sp³-hybridized carbons (Fsp3) is 0.455. The summed E-state index contributed by atoms with van der Waals surface area (Å²) in [6, 6.07) is 0.843. The van der Waals surface area contributed by atoms with Gasteiger partial charge in [-0.2, -0.15) is 0 Å². The minimum absolute atomic E-state index is 0.366. The van der Waals surface area contributed by atoms with Crippen molar-refractivity contribution in [3.05, 3.63) is 20.8 Å². The maximum atomic E-state index is 11.9. The van der Waals surface area contributed by atoms with Crippen molar-refractivity contribution in [2.24, 2.45) is 5.41 Å². The highest BCUT2D eigenvalue weighted by Crippen LogP contribution is 2.24. The number of carboxylic acid groups (broad SMARTS) is 1. The Labute approximate surface area is 112 Å². The second-order valence-corrected chi connectivity index (χ2v) is 6.48. The number of nitrogens with one attached hydrogen (secondary N) is 1. The van der Waals surface area contributed by atoms with Crippen LogP contribution in [0.25, 0.3) is 0 Å². The summed E-state index contributed by atoms with van der Waals surface area (Å²) in [6.07, 6.45) is 0. The van der Waals surface area contributed by atoms with Crippen molar-refractivity contribution >= 4 is 39.1 Å². The molecule has 0 bridgehead atoms. The number of thiophene rings is 1. The summed E-state index contributed by atoms with van der Waals surface area (Å²) in [5.74, 6) is -1.40. The molecule has 0 saturated heterocycles. The highest BCUT2D eigenvalue weighted by atomic mass is 79.9. The molecule has 0 saturated carbocycles. The summed E-state index contributed by atoms with van der Waals surface area (Å²) in [7, 11) is 0. The van der Waals surface area contributed by atoms with Crippen molar-refractivity contribution in [3.63, 3.8) is 0 Å². The van der Waals surface area contributed by atoms with Gasteiger partial charge >= 0.3 is 5.97 Å². The molecule has 0 aliphatic carbocycles. The number of hydrogen-bond donors (Lipinski definition) is 2. The summed E-state index contributed by atoms with van der Waals surface area (Å²) >= 11 is 4.52. The van der Waals surface area contributed by atoms with Crippen molar-refractivity contribution in [3.8, 4) is 0 Å². The third-order valence-corrected chi connectivity index (χ3v) is 4.05. The molecule has 0 spiro atoms. The normalized spacial score (nSPS) is 13.2. The predicted molar refractivity (Wildman–Crippen MR) is 70.4 cm³/mol. The lowest BCUT2D eigenvalue weighted by Gasteiger charge is -2.27. The van der Waals surface area contributed by atoms with Gasteiger partial charge < -0.3 is 10.4 Å². The summed E-state index contributed by atoms with van der Waals surface area (Å²) in [6.45, 7) is 5.32. The Hall–Kier alpha value is -0.880. The summed E-state index contributed by atoms with van der Waals surface area (Å²) in [4.78, 5) is 23.5. The van der Waals surface area contributed by atoms with Crippen LogP contribution in [-0.2, 0) is 4.79 Å². The highest BCUT2D eigenvalue weighted by Gasteiger charge is 2.33. The molecular formula is C11H14BrNO3S. The summed E-state index contributed by atoms with van der Waals surface area (Å²) in [5, 5.41) is 13.4. The van der Waals surface area contributed by atoms with Gasteiger partial charge in [0.2, 0.25) is 0 Å². The van der Waals surface area contributed by atoms with Crippen molar-refractivity contribution < 1.29 is 14.7 Å². The van der Waals surface area contributed by atoms with E-state index in [1.807, 2.05) is 0 Å². The number of amides is 1. The minimum Gasteiger partial charge on any atom is -0.480 e. The predicted octanol–water partition coefficient (Wildman–Crippen LogP) is 2.74. The van der Waals surface area contributed by atoms with E-state index < -0.39 is 17.4 Å². The first-order valence-corrected chi connectivity index (χ1v) is 6.67. The van der Waals surface area contributed by atoms with Gasteiger partial charge in [-0.25, -0.2) is 4.79 Å². The largest absolute Gasteiger partial charge is 0.480 e. The first-order chi connectivity index (χ1) is 7.73. The average molecular weight is 320 g/mol. The average Bonchev–Trinajstić information content (AvgIpc) is 2.58. The minimum atomic E-state index is -1.03. The van der Waals surface area contributed by atoms with Crippen LogP contribution in [0.1, 0.15) is 30.4 Å². The van der Waals surface area contributed by atoms with Crippen molar-refractivity contribution in [1.29, 1.82) is 0 Å². The number of halogens is 1. The Bertz CT molecular complexity index is 436. The molecule has 1 heterocycles. The first kappa shape index (κ1) is 14.2. The van der Waals surface area contributed by atoms with Crippen molar-refractivity contribution in [2.45, 2.75) is 26.8 Å². The lowest BCUT2D eigenvalue weighted by molar-refractivity contribution is -0.142. The topological polar surface area (TPSA) is 66.4 Å². The van der Waals surface area contributed by atoms with Crippen LogP contribution in [0.5, 0.6) is 0 Å². The van der Waals surface area contributed by atoms with E-state index in [1.54, 1.807) is 32.2 Å². The van der Waals surface area contributed by atoms with Gasteiger partial charge in [-0.3, -0.25) is 4.79 Å². The molecule has 94 valence electrons. The van der Waals surface area contributed by atoms with Gasteiger partial charge in [0, 0.05) is 4.47 Å².